The third-order valence-corrected chi connectivity index (χ3v) is 4.44. The summed E-state index contributed by atoms with van der Waals surface area (Å²) in [6.07, 6.45) is 0.891. The zero-order valence-electron chi connectivity index (χ0n) is 14.5. The van der Waals surface area contributed by atoms with Gasteiger partial charge in [0, 0.05) is 24.6 Å². The largest absolute Gasteiger partial charge is 0.493 e. The Morgan fingerprint density at radius 1 is 1.38 bits per heavy atom. The second-order valence-electron chi connectivity index (χ2n) is 5.97. The summed E-state index contributed by atoms with van der Waals surface area (Å²) < 4.78 is 16.4. The minimum Gasteiger partial charge on any atom is -0.493 e. The molecule has 0 fully saturated rings. The maximum absolute atomic E-state index is 10.9. The zero-order valence-corrected chi connectivity index (χ0v) is 15.2. The highest BCUT2D eigenvalue weighted by molar-refractivity contribution is 6.32. The Hall–Kier alpha value is -2.44. The maximum Gasteiger partial charge on any atom is 0.255 e. The number of amides is 1. The van der Waals surface area contributed by atoms with Gasteiger partial charge in [-0.3, -0.25) is 4.79 Å². The molecule has 1 heterocycles. The fourth-order valence-electron chi connectivity index (χ4n) is 2.95. The Bertz CT molecular complexity index is 797. The number of rotatable bonds is 7. The van der Waals surface area contributed by atoms with Gasteiger partial charge in [-0.2, -0.15) is 0 Å². The van der Waals surface area contributed by atoms with Crippen LogP contribution in [0.25, 0.3) is 0 Å². The van der Waals surface area contributed by atoms with E-state index in [9.17, 15) is 4.79 Å². The van der Waals surface area contributed by atoms with Crippen molar-refractivity contribution in [3.63, 3.8) is 0 Å². The van der Waals surface area contributed by atoms with Crippen LogP contribution < -0.4 is 25.3 Å². The van der Waals surface area contributed by atoms with Gasteiger partial charge in [0.25, 0.3) is 5.91 Å². The van der Waals surface area contributed by atoms with Crippen LogP contribution in [-0.4, -0.2) is 26.2 Å². The average Bonchev–Trinajstić information content (AvgIpc) is 2.64. The number of nitrogens with one attached hydrogen (secondary N) is 1. The monoisotopic (exact) mass is 376 g/mol. The van der Waals surface area contributed by atoms with Crippen molar-refractivity contribution in [2.45, 2.75) is 19.0 Å². The van der Waals surface area contributed by atoms with Gasteiger partial charge >= 0.3 is 0 Å². The smallest absolute Gasteiger partial charge is 0.255 e. The number of fused-ring (bicyclic) bond motifs is 1. The molecular weight excluding hydrogens is 356 g/mol. The van der Waals surface area contributed by atoms with Crippen molar-refractivity contribution in [2.75, 3.05) is 20.3 Å². The zero-order chi connectivity index (χ0) is 18.5. The number of methoxy groups -OCH3 is 1. The summed E-state index contributed by atoms with van der Waals surface area (Å²) in [6.45, 7) is 1.02. The SMILES string of the molecule is COc1cc(CN[C@H]2CCOc3ccccc32)cc(Cl)c1OCC(N)=O. The summed E-state index contributed by atoms with van der Waals surface area (Å²) in [5.74, 6) is 1.12. The summed E-state index contributed by atoms with van der Waals surface area (Å²) in [5, 5.41) is 3.90. The molecule has 3 N–H and O–H groups in total. The molecule has 0 saturated carbocycles. The van der Waals surface area contributed by atoms with E-state index in [1.54, 1.807) is 6.07 Å². The molecule has 3 rings (SSSR count). The van der Waals surface area contributed by atoms with E-state index >= 15 is 0 Å². The lowest BCUT2D eigenvalue weighted by Crippen LogP contribution is -2.26. The molecule has 7 heteroatoms. The molecule has 0 saturated heterocycles. The minimum absolute atomic E-state index is 0.204. The standard InChI is InChI=1S/C19H21ClN2O4/c1-24-17-9-12(8-14(20)19(17)26-11-18(21)23)10-22-15-6-7-25-16-5-3-2-4-13(15)16/h2-5,8-9,15,22H,6-7,10-11H2,1H3,(H2,21,23)/t15-/m0/s1. The molecule has 1 amide bonds. The Morgan fingerprint density at radius 3 is 2.96 bits per heavy atom. The fourth-order valence-corrected chi connectivity index (χ4v) is 3.24. The molecule has 0 aromatic heterocycles. The first-order chi connectivity index (χ1) is 12.6. The third-order valence-electron chi connectivity index (χ3n) is 4.16. The van der Waals surface area contributed by atoms with Gasteiger partial charge in [0.1, 0.15) is 5.75 Å². The summed E-state index contributed by atoms with van der Waals surface area (Å²) in [7, 11) is 1.52. The average molecular weight is 377 g/mol. The number of ether oxygens (including phenoxy) is 3. The van der Waals surface area contributed by atoms with Crippen LogP contribution in [0.1, 0.15) is 23.6 Å². The van der Waals surface area contributed by atoms with Gasteiger partial charge in [-0.15, -0.1) is 0 Å². The predicted octanol–water partition coefficient (Wildman–Crippen LogP) is 2.83. The lowest BCUT2D eigenvalue weighted by atomic mass is 10.0. The van der Waals surface area contributed by atoms with Gasteiger partial charge in [-0.25, -0.2) is 0 Å². The number of hydrogen-bond acceptors (Lipinski definition) is 5. The molecule has 0 spiro atoms. The molecule has 2 aromatic rings. The van der Waals surface area contributed by atoms with Gasteiger partial charge in [0.15, 0.2) is 18.1 Å². The predicted molar refractivity (Wildman–Crippen MR) is 98.8 cm³/mol. The Morgan fingerprint density at radius 2 is 2.19 bits per heavy atom. The molecular formula is C19H21ClN2O4. The fraction of sp³-hybridized carbons (Fsp3) is 0.316. The van der Waals surface area contributed by atoms with Crippen LogP contribution in [0, 0.1) is 0 Å². The van der Waals surface area contributed by atoms with Crippen molar-refractivity contribution in [3.05, 3.63) is 52.5 Å². The second-order valence-corrected chi connectivity index (χ2v) is 6.38. The summed E-state index contributed by atoms with van der Waals surface area (Å²) in [5.41, 5.74) is 7.21. The molecule has 0 bridgehead atoms. The molecule has 0 radical (unpaired) electrons. The van der Waals surface area contributed by atoms with E-state index in [0.29, 0.717) is 29.7 Å². The molecule has 1 aliphatic heterocycles. The van der Waals surface area contributed by atoms with Crippen LogP contribution in [0.5, 0.6) is 17.2 Å². The second kappa shape index (κ2) is 8.29. The quantitative estimate of drug-likeness (QED) is 0.776. The first-order valence-corrected chi connectivity index (χ1v) is 8.69. The molecule has 26 heavy (non-hydrogen) atoms. The first-order valence-electron chi connectivity index (χ1n) is 8.31. The molecule has 1 aliphatic rings. The van der Waals surface area contributed by atoms with E-state index < -0.39 is 5.91 Å². The Balaban J connectivity index is 1.73. The number of carbonyl (C=O) groups excluding carboxylic acids is 1. The topological polar surface area (TPSA) is 82.8 Å². The summed E-state index contributed by atoms with van der Waals surface area (Å²) in [4.78, 5) is 10.9. The van der Waals surface area contributed by atoms with Gasteiger partial charge in [0.05, 0.1) is 18.7 Å². The highest BCUT2D eigenvalue weighted by Crippen LogP contribution is 2.37. The number of nitrogens with two attached hydrogens (primary N) is 1. The minimum atomic E-state index is -0.577. The van der Waals surface area contributed by atoms with Crippen LogP contribution in [0.2, 0.25) is 5.02 Å². The van der Waals surface area contributed by atoms with Gasteiger partial charge in [0.2, 0.25) is 0 Å². The molecule has 2 aromatic carbocycles. The maximum atomic E-state index is 10.9. The van der Waals surface area contributed by atoms with Crippen molar-refractivity contribution in [1.82, 2.24) is 5.32 Å². The van der Waals surface area contributed by atoms with E-state index in [4.69, 9.17) is 31.5 Å². The molecule has 1 atom stereocenters. The van der Waals surface area contributed by atoms with E-state index in [-0.39, 0.29) is 12.6 Å². The number of para-hydroxylation sites is 1. The van der Waals surface area contributed by atoms with Crippen molar-refractivity contribution in [3.8, 4) is 17.2 Å². The van der Waals surface area contributed by atoms with Crippen molar-refractivity contribution in [2.24, 2.45) is 5.73 Å². The van der Waals surface area contributed by atoms with Crippen LogP contribution in [0.15, 0.2) is 36.4 Å². The highest BCUT2D eigenvalue weighted by atomic mass is 35.5. The van der Waals surface area contributed by atoms with E-state index in [1.807, 2.05) is 24.3 Å². The van der Waals surface area contributed by atoms with Crippen LogP contribution in [-0.2, 0) is 11.3 Å². The third kappa shape index (κ3) is 4.20. The number of carbonyl (C=O) groups is 1. The Labute approximate surface area is 157 Å². The van der Waals surface area contributed by atoms with E-state index in [1.165, 1.54) is 7.11 Å². The molecule has 138 valence electrons. The summed E-state index contributed by atoms with van der Waals surface area (Å²) in [6, 6.07) is 11.9. The van der Waals surface area contributed by atoms with E-state index in [2.05, 4.69) is 11.4 Å². The highest BCUT2D eigenvalue weighted by Gasteiger charge is 2.21. The van der Waals surface area contributed by atoms with Gasteiger partial charge in [-0.1, -0.05) is 29.8 Å². The van der Waals surface area contributed by atoms with Crippen molar-refractivity contribution in [1.29, 1.82) is 0 Å². The van der Waals surface area contributed by atoms with Gasteiger partial charge < -0.3 is 25.3 Å². The van der Waals surface area contributed by atoms with Gasteiger partial charge in [-0.05, 0) is 23.8 Å². The number of halogens is 1. The lowest BCUT2D eigenvalue weighted by Gasteiger charge is -2.27. The van der Waals surface area contributed by atoms with Crippen molar-refractivity contribution < 1.29 is 19.0 Å². The van der Waals surface area contributed by atoms with Crippen LogP contribution in [0.3, 0.4) is 0 Å². The van der Waals surface area contributed by atoms with Crippen LogP contribution >= 0.6 is 11.6 Å². The molecule has 6 nitrogen and oxygen atoms in total. The number of hydrogen-bond donors (Lipinski definition) is 2. The summed E-state index contributed by atoms with van der Waals surface area (Å²) >= 11 is 6.29. The van der Waals surface area contributed by atoms with Crippen molar-refractivity contribution >= 4 is 17.5 Å². The Kier molecular flexibility index (Phi) is 5.85. The number of benzene rings is 2. The molecule has 0 aliphatic carbocycles. The normalized spacial score (nSPS) is 15.7. The van der Waals surface area contributed by atoms with Crippen LogP contribution in [0.4, 0.5) is 0 Å². The van der Waals surface area contributed by atoms with E-state index in [0.717, 1.165) is 23.3 Å². The number of primary amides is 1. The lowest BCUT2D eigenvalue weighted by molar-refractivity contribution is -0.119. The molecule has 0 unspecified atom stereocenters. The first kappa shape index (κ1) is 18.4.